The van der Waals surface area contributed by atoms with Gasteiger partial charge in [-0.3, -0.25) is 0 Å². The SMILES string of the molecule is C[C@]12C=CC[C@@H]3O[C@@]31CCC[C@@H]2O. The topological polar surface area (TPSA) is 32.8 Å². The molecule has 0 aromatic rings. The van der Waals surface area contributed by atoms with E-state index in [9.17, 15) is 5.11 Å². The highest BCUT2D eigenvalue weighted by Crippen LogP contribution is 2.62. The molecule has 13 heavy (non-hydrogen) atoms. The molecule has 0 bridgehead atoms. The number of ether oxygens (including phenoxy) is 1. The monoisotopic (exact) mass is 180 g/mol. The van der Waals surface area contributed by atoms with Crippen LogP contribution in [0.2, 0.25) is 0 Å². The second-order valence-electron chi connectivity index (χ2n) is 4.82. The number of hydrogen-bond acceptors (Lipinski definition) is 2. The minimum atomic E-state index is -0.206. The summed E-state index contributed by atoms with van der Waals surface area (Å²) in [6.07, 6.45) is 8.77. The molecule has 1 saturated carbocycles. The van der Waals surface area contributed by atoms with Crippen LogP contribution in [0.15, 0.2) is 12.2 Å². The van der Waals surface area contributed by atoms with Gasteiger partial charge in [-0.1, -0.05) is 19.1 Å². The molecule has 0 aromatic heterocycles. The van der Waals surface area contributed by atoms with Crippen molar-refractivity contribution in [1.82, 2.24) is 0 Å². The van der Waals surface area contributed by atoms with Gasteiger partial charge in [0.1, 0.15) is 5.60 Å². The molecule has 0 unspecified atom stereocenters. The maximum absolute atomic E-state index is 10.0. The average molecular weight is 180 g/mol. The van der Waals surface area contributed by atoms with E-state index in [0.29, 0.717) is 6.10 Å². The van der Waals surface area contributed by atoms with Gasteiger partial charge in [-0.25, -0.2) is 0 Å². The number of aliphatic hydroxyl groups is 1. The fraction of sp³-hybridized carbons (Fsp3) is 0.818. The molecule has 2 heteroatoms. The van der Waals surface area contributed by atoms with Crippen LogP contribution in [0, 0.1) is 5.41 Å². The Labute approximate surface area is 78.6 Å². The minimum absolute atomic E-state index is 0.0133. The molecule has 0 amide bonds. The third-order valence-corrected chi connectivity index (χ3v) is 4.26. The van der Waals surface area contributed by atoms with Crippen LogP contribution in [0.3, 0.4) is 0 Å². The molecule has 1 saturated heterocycles. The predicted octanol–water partition coefficient (Wildman–Crippen LogP) is 1.64. The summed E-state index contributed by atoms with van der Waals surface area (Å²) in [6.45, 7) is 2.15. The zero-order valence-corrected chi connectivity index (χ0v) is 7.99. The lowest BCUT2D eigenvalue weighted by molar-refractivity contribution is -0.0270. The van der Waals surface area contributed by atoms with Crippen LogP contribution >= 0.6 is 0 Å². The van der Waals surface area contributed by atoms with Gasteiger partial charge in [0, 0.05) is 5.41 Å². The first kappa shape index (κ1) is 8.01. The molecular formula is C11H16O2. The zero-order chi connectivity index (χ0) is 9.10. The molecule has 3 aliphatic rings. The summed E-state index contributed by atoms with van der Waals surface area (Å²) in [4.78, 5) is 0. The maximum atomic E-state index is 10.0. The Kier molecular flexibility index (Phi) is 1.34. The molecule has 1 N–H and O–H groups in total. The van der Waals surface area contributed by atoms with Crippen molar-refractivity contribution < 1.29 is 9.84 Å². The Balaban J connectivity index is 2.04. The highest BCUT2D eigenvalue weighted by molar-refractivity contribution is 5.28. The van der Waals surface area contributed by atoms with Gasteiger partial charge in [-0.05, 0) is 25.7 Å². The number of rotatable bonds is 0. The largest absolute Gasteiger partial charge is 0.392 e. The van der Waals surface area contributed by atoms with Crippen LogP contribution < -0.4 is 0 Å². The van der Waals surface area contributed by atoms with Crippen molar-refractivity contribution in [2.45, 2.75) is 50.4 Å². The van der Waals surface area contributed by atoms with Crippen LogP contribution in [0.25, 0.3) is 0 Å². The first-order valence-corrected chi connectivity index (χ1v) is 5.23. The van der Waals surface area contributed by atoms with Gasteiger partial charge < -0.3 is 9.84 Å². The smallest absolute Gasteiger partial charge is 0.106 e. The highest BCUT2D eigenvalue weighted by Gasteiger charge is 2.69. The van der Waals surface area contributed by atoms with Crippen molar-refractivity contribution in [1.29, 1.82) is 0 Å². The standard InChI is InChI=1S/C11H16O2/c1-10-6-3-5-9-11(10,13-9)7-2-4-8(10)12/h3,6,8-9,12H,2,4-5,7H2,1H3/t8-,9-,10+,11-/m0/s1. The van der Waals surface area contributed by atoms with Crippen LogP contribution in [0.1, 0.15) is 32.6 Å². The van der Waals surface area contributed by atoms with E-state index < -0.39 is 0 Å². The Morgan fingerprint density at radius 3 is 3.15 bits per heavy atom. The van der Waals surface area contributed by atoms with Gasteiger partial charge >= 0.3 is 0 Å². The van der Waals surface area contributed by atoms with E-state index in [4.69, 9.17) is 4.74 Å². The van der Waals surface area contributed by atoms with Crippen LogP contribution in [0.4, 0.5) is 0 Å². The van der Waals surface area contributed by atoms with Crippen molar-refractivity contribution in [3.8, 4) is 0 Å². The molecule has 2 aliphatic carbocycles. The summed E-state index contributed by atoms with van der Waals surface area (Å²) >= 11 is 0. The van der Waals surface area contributed by atoms with E-state index in [1.54, 1.807) is 0 Å². The second kappa shape index (κ2) is 2.18. The zero-order valence-electron chi connectivity index (χ0n) is 7.99. The van der Waals surface area contributed by atoms with Crippen molar-refractivity contribution in [3.63, 3.8) is 0 Å². The van der Waals surface area contributed by atoms with E-state index >= 15 is 0 Å². The first-order chi connectivity index (χ1) is 6.19. The van der Waals surface area contributed by atoms with E-state index in [2.05, 4.69) is 19.1 Å². The van der Waals surface area contributed by atoms with E-state index in [1.807, 2.05) is 0 Å². The summed E-state index contributed by atoms with van der Waals surface area (Å²) in [5.41, 5.74) is -0.0897. The lowest BCUT2D eigenvalue weighted by Crippen LogP contribution is -2.49. The third-order valence-electron chi connectivity index (χ3n) is 4.26. The summed E-state index contributed by atoms with van der Waals surface area (Å²) in [6, 6.07) is 0. The molecule has 2 nitrogen and oxygen atoms in total. The minimum Gasteiger partial charge on any atom is -0.392 e. The van der Waals surface area contributed by atoms with E-state index in [0.717, 1.165) is 25.7 Å². The average Bonchev–Trinajstić information content (AvgIpc) is 2.79. The molecule has 1 aliphatic heterocycles. The Bertz CT molecular complexity index is 273. The second-order valence-corrected chi connectivity index (χ2v) is 4.82. The van der Waals surface area contributed by atoms with Crippen LogP contribution in [0.5, 0.6) is 0 Å². The maximum Gasteiger partial charge on any atom is 0.106 e. The van der Waals surface area contributed by atoms with Gasteiger partial charge in [0.2, 0.25) is 0 Å². The fourth-order valence-corrected chi connectivity index (χ4v) is 3.25. The molecule has 0 aromatic carbocycles. The number of epoxide rings is 1. The van der Waals surface area contributed by atoms with Crippen molar-refractivity contribution in [3.05, 3.63) is 12.2 Å². The van der Waals surface area contributed by atoms with E-state index in [1.165, 1.54) is 0 Å². The number of aliphatic hydroxyl groups excluding tert-OH is 1. The summed E-state index contributed by atoms with van der Waals surface area (Å²) < 4.78 is 5.82. The number of hydrogen-bond donors (Lipinski definition) is 1. The Hall–Kier alpha value is -0.340. The van der Waals surface area contributed by atoms with Crippen molar-refractivity contribution >= 4 is 0 Å². The molecule has 72 valence electrons. The molecule has 2 fully saturated rings. The van der Waals surface area contributed by atoms with Crippen molar-refractivity contribution in [2.75, 3.05) is 0 Å². The van der Waals surface area contributed by atoms with Gasteiger partial charge in [-0.2, -0.15) is 0 Å². The lowest BCUT2D eigenvalue weighted by Gasteiger charge is -2.43. The van der Waals surface area contributed by atoms with Gasteiger partial charge in [0.25, 0.3) is 0 Å². The Morgan fingerprint density at radius 2 is 2.38 bits per heavy atom. The fourth-order valence-electron chi connectivity index (χ4n) is 3.25. The Morgan fingerprint density at radius 1 is 1.54 bits per heavy atom. The lowest BCUT2D eigenvalue weighted by atomic mass is 9.61. The summed E-state index contributed by atoms with van der Waals surface area (Å²) in [7, 11) is 0. The van der Waals surface area contributed by atoms with Gasteiger partial charge in [-0.15, -0.1) is 0 Å². The molecule has 4 atom stereocenters. The van der Waals surface area contributed by atoms with Gasteiger partial charge in [0.05, 0.1) is 12.2 Å². The summed E-state index contributed by atoms with van der Waals surface area (Å²) in [5.74, 6) is 0. The third kappa shape index (κ3) is 0.767. The molecule has 1 heterocycles. The van der Waals surface area contributed by atoms with Crippen LogP contribution in [-0.2, 0) is 4.74 Å². The highest BCUT2D eigenvalue weighted by atomic mass is 16.6. The molecule has 1 spiro atoms. The van der Waals surface area contributed by atoms with Crippen molar-refractivity contribution in [2.24, 2.45) is 5.41 Å². The molecule has 3 rings (SSSR count). The quantitative estimate of drug-likeness (QED) is 0.454. The first-order valence-electron chi connectivity index (χ1n) is 5.23. The van der Waals surface area contributed by atoms with Gasteiger partial charge in [0.15, 0.2) is 0 Å². The predicted molar refractivity (Wildman–Crippen MR) is 49.3 cm³/mol. The molecule has 0 radical (unpaired) electrons. The van der Waals surface area contributed by atoms with E-state index in [-0.39, 0.29) is 17.1 Å². The normalized spacial score (nSPS) is 58.3. The van der Waals surface area contributed by atoms with Crippen LogP contribution in [-0.4, -0.2) is 22.9 Å². The molecular weight excluding hydrogens is 164 g/mol. The summed E-state index contributed by atoms with van der Waals surface area (Å²) in [5, 5.41) is 10.0.